The molecule has 0 spiro atoms. The summed E-state index contributed by atoms with van der Waals surface area (Å²) >= 11 is 5.15. The van der Waals surface area contributed by atoms with E-state index in [9.17, 15) is 9.50 Å². The number of hydrogen-bond acceptors (Lipinski definition) is 4. The van der Waals surface area contributed by atoms with Crippen molar-refractivity contribution in [2.75, 3.05) is 13.6 Å². The highest BCUT2D eigenvalue weighted by Gasteiger charge is 2.19. The molecule has 0 amide bonds. The van der Waals surface area contributed by atoms with E-state index in [4.69, 9.17) is 0 Å². The highest BCUT2D eigenvalue weighted by Crippen LogP contribution is 2.23. The Bertz CT molecular complexity index is 575. The first-order chi connectivity index (χ1) is 9.95. The molecule has 0 radical (unpaired) electrons. The van der Waals surface area contributed by atoms with E-state index in [1.165, 1.54) is 17.0 Å². The molecule has 21 heavy (non-hydrogen) atoms. The second kappa shape index (κ2) is 7.45. The largest absolute Gasteiger partial charge is 0.386 e. The Morgan fingerprint density at radius 1 is 1.48 bits per heavy atom. The summed E-state index contributed by atoms with van der Waals surface area (Å²) in [5, 5.41) is 12.3. The maximum Gasteiger partial charge on any atom is 0.141 e. The predicted octanol–water partition coefficient (Wildman–Crippen LogP) is 3.85. The van der Waals surface area contributed by atoms with Gasteiger partial charge in [0.25, 0.3) is 0 Å². The van der Waals surface area contributed by atoms with Gasteiger partial charge in [0.1, 0.15) is 5.82 Å². The zero-order chi connectivity index (χ0) is 15.4. The molecular weight excluding hydrogens is 355 g/mol. The second-order valence-electron chi connectivity index (χ2n) is 5.25. The van der Waals surface area contributed by atoms with Crippen molar-refractivity contribution in [2.45, 2.75) is 19.6 Å². The SMILES string of the molecule is CC(CN(C)Cc1cc(Br)cs1)C(O)c1ccc(F)cn1. The summed E-state index contributed by atoms with van der Waals surface area (Å²) in [6, 6.07) is 4.96. The van der Waals surface area contributed by atoms with Crippen LogP contribution in [0.1, 0.15) is 23.6 Å². The van der Waals surface area contributed by atoms with Gasteiger partial charge >= 0.3 is 0 Å². The lowest BCUT2D eigenvalue weighted by Crippen LogP contribution is -2.27. The Labute approximate surface area is 136 Å². The van der Waals surface area contributed by atoms with Crippen molar-refractivity contribution in [1.82, 2.24) is 9.88 Å². The fourth-order valence-corrected chi connectivity index (χ4v) is 3.74. The van der Waals surface area contributed by atoms with Crippen LogP contribution in [-0.4, -0.2) is 28.6 Å². The number of aliphatic hydroxyl groups excluding tert-OH is 1. The zero-order valence-electron chi connectivity index (χ0n) is 12.0. The van der Waals surface area contributed by atoms with E-state index in [1.807, 2.05) is 14.0 Å². The molecule has 0 saturated carbocycles. The fourth-order valence-electron chi connectivity index (χ4n) is 2.21. The summed E-state index contributed by atoms with van der Waals surface area (Å²) in [7, 11) is 2.02. The van der Waals surface area contributed by atoms with Gasteiger partial charge in [-0.3, -0.25) is 4.98 Å². The standard InChI is InChI=1S/C15H18BrFN2OS/c1-10(15(20)14-4-3-12(17)6-18-14)7-19(2)8-13-5-11(16)9-21-13/h3-6,9-10,15,20H,7-8H2,1-2H3. The lowest BCUT2D eigenvalue weighted by Gasteiger charge is -2.24. The topological polar surface area (TPSA) is 36.4 Å². The van der Waals surface area contributed by atoms with E-state index in [0.29, 0.717) is 5.69 Å². The van der Waals surface area contributed by atoms with Crippen LogP contribution in [-0.2, 0) is 6.54 Å². The normalized spacial score (nSPS) is 14.4. The summed E-state index contributed by atoms with van der Waals surface area (Å²) in [5.74, 6) is -0.379. The molecule has 0 bridgehead atoms. The molecule has 0 aromatic carbocycles. The summed E-state index contributed by atoms with van der Waals surface area (Å²) in [4.78, 5) is 7.38. The molecule has 2 aromatic rings. The van der Waals surface area contributed by atoms with E-state index < -0.39 is 6.10 Å². The van der Waals surface area contributed by atoms with Gasteiger partial charge in [-0.1, -0.05) is 6.92 Å². The van der Waals surface area contributed by atoms with E-state index in [0.717, 1.165) is 23.8 Å². The van der Waals surface area contributed by atoms with E-state index in [1.54, 1.807) is 11.3 Å². The monoisotopic (exact) mass is 372 g/mol. The highest BCUT2D eigenvalue weighted by atomic mass is 79.9. The Hall–Kier alpha value is -0.820. The van der Waals surface area contributed by atoms with Gasteiger partial charge < -0.3 is 10.0 Å². The van der Waals surface area contributed by atoms with Gasteiger partial charge in [-0.15, -0.1) is 11.3 Å². The number of nitrogens with zero attached hydrogens (tertiary/aromatic N) is 2. The average molecular weight is 373 g/mol. The summed E-state index contributed by atoms with van der Waals surface area (Å²) < 4.78 is 13.9. The Morgan fingerprint density at radius 2 is 2.24 bits per heavy atom. The molecule has 0 aliphatic carbocycles. The van der Waals surface area contributed by atoms with E-state index in [2.05, 4.69) is 37.3 Å². The van der Waals surface area contributed by atoms with Crippen molar-refractivity contribution < 1.29 is 9.50 Å². The van der Waals surface area contributed by atoms with Crippen molar-refractivity contribution in [3.8, 4) is 0 Å². The Morgan fingerprint density at radius 3 is 2.81 bits per heavy atom. The van der Waals surface area contributed by atoms with Crippen molar-refractivity contribution in [3.05, 3.63) is 50.6 Å². The molecule has 1 N–H and O–H groups in total. The van der Waals surface area contributed by atoms with Crippen LogP contribution >= 0.6 is 27.3 Å². The smallest absolute Gasteiger partial charge is 0.141 e. The second-order valence-corrected chi connectivity index (χ2v) is 7.16. The Balaban J connectivity index is 1.90. The van der Waals surface area contributed by atoms with Gasteiger partial charge in [0, 0.05) is 33.7 Å². The van der Waals surface area contributed by atoms with Crippen LogP contribution in [0.25, 0.3) is 0 Å². The first kappa shape index (κ1) is 16.5. The van der Waals surface area contributed by atoms with E-state index >= 15 is 0 Å². The van der Waals surface area contributed by atoms with Crippen molar-refractivity contribution in [2.24, 2.45) is 5.92 Å². The molecule has 0 fully saturated rings. The summed E-state index contributed by atoms with van der Waals surface area (Å²) in [6.07, 6.45) is 0.446. The van der Waals surface area contributed by atoms with Crippen LogP contribution in [0.3, 0.4) is 0 Å². The maximum absolute atomic E-state index is 12.9. The first-order valence-electron chi connectivity index (χ1n) is 6.66. The highest BCUT2D eigenvalue weighted by molar-refractivity contribution is 9.10. The quantitative estimate of drug-likeness (QED) is 0.836. The number of hydrogen-bond donors (Lipinski definition) is 1. The molecule has 114 valence electrons. The van der Waals surface area contributed by atoms with Crippen LogP contribution in [0.15, 0.2) is 34.2 Å². The zero-order valence-corrected chi connectivity index (χ0v) is 14.4. The molecule has 2 rings (SSSR count). The fraction of sp³-hybridized carbons (Fsp3) is 0.400. The van der Waals surface area contributed by atoms with Crippen molar-refractivity contribution >= 4 is 27.3 Å². The molecule has 2 aromatic heterocycles. The third kappa shape index (κ3) is 4.85. The minimum absolute atomic E-state index is 0.0105. The molecule has 0 saturated heterocycles. The third-order valence-electron chi connectivity index (χ3n) is 3.24. The number of aromatic nitrogens is 1. The van der Waals surface area contributed by atoms with Gasteiger partial charge in [-0.25, -0.2) is 4.39 Å². The molecule has 2 atom stereocenters. The van der Waals surface area contributed by atoms with Crippen molar-refractivity contribution in [3.63, 3.8) is 0 Å². The van der Waals surface area contributed by atoms with Crippen LogP contribution in [0.2, 0.25) is 0 Å². The van der Waals surface area contributed by atoms with Crippen LogP contribution in [0.5, 0.6) is 0 Å². The van der Waals surface area contributed by atoms with Gasteiger partial charge in [-0.05, 0) is 41.2 Å². The number of aliphatic hydroxyl groups is 1. The summed E-state index contributed by atoms with van der Waals surface area (Å²) in [6.45, 7) is 3.54. The molecule has 2 heterocycles. The number of pyridine rings is 1. The van der Waals surface area contributed by atoms with Crippen LogP contribution in [0.4, 0.5) is 4.39 Å². The van der Waals surface area contributed by atoms with Crippen LogP contribution in [0, 0.1) is 11.7 Å². The van der Waals surface area contributed by atoms with Gasteiger partial charge in [0.2, 0.25) is 0 Å². The molecular formula is C15H18BrFN2OS. The third-order valence-corrected chi connectivity index (χ3v) is 4.92. The summed E-state index contributed by atoms with van der Waals surface area (Å²) in [5.41, 5.74) is 0.510. The maximum atomic E-state index is 12.9. The molecule has 0 aliphatic rings. The van der Waals surface area contributed by atoms with Gasteiger partial charge in [-0.2, -0.15) is 0 Å². The minimum atomic E-state index is -0.692. The predicted molar refractivity (Wildman–Crippen MR) is 86.7 cm³/mol. The van der Waals surface area contributed by atoms with Gasteiger partial charge in [0.05, 0.1) is 18.0 Å². The molecule has 2 unspecified atom stereocenters. The first-order valence-corrected chi connectivity index (χ1v) is 8.34. The number of thiophene rings is 1. The molecule has 0 aliphatic heterocycles. The van der Waals surface area contributed by atoms with Crippen LogP contribution < -0.4 is 0 Å². The lowest BCUT2D eigenvalue weighted by molar-refractivity contribution is 0.0899. The van der Waals surface area contributed by atoms with Crippen molar-refractivity contribution in [1.29, 1.82) is 0 Å². The Kier molecular flexibility index (Phi) is 5.87. The molecule has 3 nitrogen and oxygen atoms in total. The average Bonchev–Trinajstić information content (AvgIpc) is 2.83. The number of halogens is 2. The number of rotatable bonds is 6. The van der Waals surface area contributed by atoms with Gasteiger partial charge in [0.15, 0.2) is 0 Å². The van der Waals surface area contributed by atoms with E-state index in [-0.39, 0.29) is 11.7 Å². The molecule has 6 heteroatoms. The minimum Gasteiger partial charge on any atom is -0.386 e. The lowest BCUT2D eigenvalue weighted by atomic mass is 10.0.